The molecule has 0 spiro atoms. The molecule has 0 radical (unpaired) electrons. The highest BCUT2D eigenvalue weighted by Gasteiger charge is 2.28. The summed E-state index contributed by atoms with van der Waals surface area (Å²) in [5, 5.41) is 4.35. The minimum Gasteiger partial charge on any atom is -0.382 e. The molecule has 4 nitrogen and oxygen atoms in total. The molecule has 1 N–H and O–H groups in total. The van der Waals surface area contributed by atoms with Gasteiger partial charge < -0.3 is 10.2 Å². The normalized spacial score (nSPS) is 15.3. The van der Waals surface area contributed by atoms with Crippen molar-refractivity contribution in [3.8, 4) is 0 Å². The number of hydrogen-bond acceptors (Lipinski definition) is 4. The molecule has 1 fully saturated rings. The van der Waals surface area contributed by atoms with Crippen LogP contribution >= 0.6 is 11.6 Å². The Morgan fingerprint density at radius 1 is 1.05 bits per heavy atom. The smallest absolute Gasteiger partial charge is 0.320 e. The molecule has 1 unspecified atom stereocenters. The van der Waals surface area contributed by atoms with Gasteiger partial charge >= 0.3 is 6.55 Å². The minimum absolute atomic E-state index is 0.193. The monoisotopic (exact) mass is 564 g/mol. The number of nitrogens with one attached hydrogen (secondary N) is 1. The van der Waals surface area contributed by atoms with Gasteiger partial charge in [0.25, 0.3) is 0 Å². The topological polar surface area (TPSA) is 30.9 Å². The first-order chi connectivity index (χ1) is 19.2. The Kier molecular flexibility index (Phi) is 9.85. The number of aryl methyl sites for hydroxylation is 2. The van der Waals surface area contributed by atoms with Crippen LogP contribution in [0.15, 0.2) is 84.1 Å². The fraction of sp³-hybridized carbons (Fsp3) is 0.364. The van der Waals surface area contributed by atoms with E-state index in [9.17, 15) is 8.78 Å². The van der Waals surface area contributed by atoms with Gasteiger partial charge in [0.15, 0.2) is 0 Å². The Labute approximate surface area is 242 Å². The Morgan fingerprint density at radius 2 is 1.77 bits per heavy atom. The summed E-state index contributed by atoms with van der Waals surface area (Å²) in [6.07, 6.45) is 2.61. The summed E-state index contributed by atoms with van der Waals surface area (Å²) in [5.74, 6) is 0.345. The van der Waals surface area contributed by atoms with Crippen molar-refractivity contribution < 1.29 is 8.78 Å². The molecule has 3 aromatic carbocycles. The zero-order chi connectivity index (χ0) is 28.8. The molecule has 1 saturated heterocycles. The molecule has 7 heteroatoms. The molecule has 3 aromatic rings. The van der Waals surface area contributed by atoms with Crippen LogP contribution in [-0.4, -0.2) is 42.3 Å². The Hall–Kier alpha value is -3.38. The van der Waals surface area contributed by atoms with E-state index in [1.54, 1.807) is 12.1 Å². The van der Waals surface area contributed by atoms with Crippen LogP contribution in [0.1, 0.15) is 55.4 Å². The van der Waals surface area contributed by atoms with E-state index in [2.05, 4.69) is 56.9 Å². The zero-order valence-electron chi connectivity index (χ0n) is 23.8. The van der Waals surface area contributed by atoms with E-state index in [1.165, 1.54) is 0 Å². The lowest BCUT2D eigenvalue weighted by Crippen LogP contribution is -2.44. The molecule has 0 aromatic heterocycles. The van der Waals surface area contributed by atoms with Crippen LogP contribution in [-0.2, 0) is 0 Å². The van der Waals surface area contributed by atoms with Crippen molar-refractivity contribution in [2.45, 2.75) is 65.6 Å². The van der Waals surface area contributed by atoms with E-state index in [-0.39, 0.29) is 12.1 Å². The van der Waals surface area contributed by atoms with Crippen LogP contribution in [0.4, 0.5) is 20.2 Å². The van der Waals surface area contributed by atoms with E-state index in [0.717, 1.165) is 57.8 Å². The van der Waals surface area contributed by atoms with Gasteiger partial charge in [-0.3, -0.25) is 9.89 Å². The second-order valence-corrected chi connectivity index (χ2v) is 11.0. The van der Waals surface area contributed by atoms with Crippen LogP contribution in [0.3, 0.4) is 0 Å². The summed E-state index contributed by atoms with van der Waals surface area (Å²) in [6.45, 7) is 10.9. The lowest BCUT2D eigenvalue weighted by Gasteiger charge is -2.40. The quantitative estimate of drug-likeness (QED) is 0.197. The van der Waals surface area contributed by atoms with Crippen molar-refractivity contribution in [3.05, 3.63) is 106 Å². The number of halogens is 3. The standard InChI is InChI=1S/C33H39ClF2N4/c1-6-24(4)37-32(26-11-9-12-27(34)21-26)30-15-14-29(20-23(30)3)38-28-16-18-39(19-17-28)25(5)40(33(35)36)31-13-8-7-10-22(31)2/h7-15,20-21,24,28,33,38H,5-6,16-19H2,1-4H3. The van der Waals surface area contributed by atoms with Gasteiger partial charge in [0.1, 0.15) is 5.82 Å². The lowest BCUT2D eigenvalue weighted by molar-refractivity contribution is 0.134. The predicted octanol–water partition coefficient (Wildman–Crippen LogP) is 8.67. The predicted molar refractivity (Wildman–Crippen MR) is 165 cm³/mol. The third-order valence-corrected chi connectivity index (χ3v) is 7.83. The maximum absolute atomic E-state index is 14.1. The number of anilines is 2. The zero-order valence-corrected chi connectivity index (χ0v) is 24.6. The molecule has 1 aliphatic rings. The minimum atomic E-state index is -2.66. The lowest BCUT2D eigenvalue weighted by atomic mass is 9.96. The number of hydrogen-bond donors (Lipinski definition) is 1. The maximum atomic E-state index is 14.1. The van der Waals surface area contributed by atoms with Gasteiger partial charge in [0.2, 0.25) is 0 Å². The summed E-state index contributed by atoms with van der Waals surface area (Å²) in [4.78, 5) is 8.04. The number of rotatable bonds is 10. The highest BCUT2D eigenvalue weighted by Crippen LogP contribution is 2.30. The first-order valence-electron chi connectivity index (χ1n) is 14.0. The number of aliphatic imine (C=N–C) groups is 1. The number of nitrogens with zero attached hydrogens (tertiary/aromatic N) is 3. The summed E-state index contributed by atoms with van der Waals surface area (Å²) >= 11 is 6.31. The van der Waals surface area contributed by atoms with Gasteiger partial charge in [-0.05, 0) is 81.5 Å². The van der Waals surface area contributed by atoms with Gasteiger partial charge in [-0.25, -0.2) is 0 Å². The summed E-state index contributed by atoms with van der Waals surface area (Å²) < 4.78 is 28.2. The van der Waals surface area contributed by atoms with E-state index in [1.807, 2.05) is 42.2 Å². The molecule has 40 heavy (non-hydrogen) atoms. The average Bonchev–Trinajstić information content (AvgIpc) is 2.93. The fourth-order valence-corrected chi connectivity index (χ4v) is 5.32. The summed E-state index contributed by atoms with van der Waals surface area (Å²) in [7, 11) is 0. The molecule has 212 valence electrons. The van der Waals surface area contributed by atoms with Crippen LogP contribution < -0.4 is 10.2 Å². The Bertz CT molecular complexity index is 1350. The number of benzene rings is 3. The molecule has 4 rings (SSSR count). The van der Waals surface area contributed by atoms with Crippen LogP contribution in [0.25, 0.3) is 0 Å². The summed E-state index contributed by atoms with van der Waals surface area (Å²) in [5.41, 5.74) is 6.50. The molecule has 1 heterocycles. The SMILES string of the molecule is C=C(N1CCC(Nc2ccc(C(=NC(C)CC)c3cccc(Cl)c3)c(C)c2)CC1)N(c1ccccc1C)C(F)F. The van der Waals surface area contributed by atoms with Gasteiger partial charge in [-0.1, -0.05) is 61.5 Å². The molecular weight excluding hydrogens is 526 g/mol. The molecule has 0 aliphatic carbocycles. The molecule has 0 saturated carbocycles. The van der Waals surface area contributed by atoms with Crippen molar-refractivity contribution >= 4 is 28.7 Å². The molecule has 1 atom stereocenters. The number of alkyl halides is 2. The van der Waals surface area contributed by atoms with E-state index < -0.39 is 6.55 Å². The number of piperidine rings is 1. The van der Waals surface area contributed by atoms with Crippen LogP contribution in [0, 0.1) is 13.8 Å². The molecule has 0 amide bonds. The van der Waals surface area contributed by atoms with Crippen molar-refractivity contribution in [1.29, 1.82) is 0 Å². The third-order valence-electron chi connectivity index (χ3n) is 7.60. The molecule has 0 bridgehead atoms. The highest BCUT2D eigenvalue weighted by atomic mass is 35.5. The Balaban J connectivity index is 1.44. The summed E-state index contributed by atoms with van der Waals surface area (Å²) in [6, 6.07) is 21.9. The first-order valence-corrected chi connectivity index (χ1v) is 14.3. The molecule has 1 aliphatic heterocycles. The van der Waals surface area contributed by atoms with E-state index in [4.69, 9.17) is 16.6 Å². The van der Waals surface area contributed by atoms with Gasteiger partial charge in [-0.2, -0.15) is 8.78 Å². The van der Waals surface area contributed by atoms with Gasteiger partial charge in [0, 0.05) is 47.0 Å². The van der Waals surface area contributed by atoms with Crippen molar-refractivity contribution in [2.75, 3.05) is 23.3 Å². The van der Waals surface area contributed by atoms with E-state index >= 15 is 0 Å². The third kappa shape index (κ3) is 7.03. The van der Waals surface area contributed by atoms with E-state index in [0.29, 0.717) is 29.6 Å². The van der Waals surface area contributed by atoms with Gasteiger partial charge in [-0.15, -0.1) is 0 Å². The number of para-hydroxylation sites is 1. The first kappa shape index (κ1) is 29.6. The average molecular weight is 565 g/mol. The van der Waals surface area contributed by atoms with Crippen molar-refractivity contribution in [2.24, 2.45) is 4.99 Å². The molecular formula is C33H39ClF2N4. The van der Waals surface area contributed by atoms with Gasteiger partial charge in [0.05, 0.1) is 11.4 Å². The largest absolute Gasteiger partial charge is 0.382 e. The second-order valence-electron chi connectivity index (χ2n) is 10.5. The highest BCUT2D eigenvalue weighted by molar-refractivity contribution is 6.31. The van der Waals surface area contributed by atoms with Crippen molar-refractivity contribution in [3.63, 3.8) is 0 Å². The maximum Gasteiger partial charge on any atom is 0.320 e. The number of likely N-dealkylation sites (tertiary alicyclic amines) is 1. The second kappa shape index (κ2) is 13.3. The fourth-order valence-electron chi connectivity index (χ4n) is 5.13. The van der Waals surface area contributed by atoms with Crippen molar-refractivity contribution in [1.82, 2.24) is 4.90 Å². The Morgan fingerprint density at radius 3 is 2.40 bits per heavy atom. The van der Waals surface area contributed by atoms with Crippen LogP contribution in [0.2, 0.25) is 5.02 Å². The van der Waals surface area contributed by atoms with Crippen LogP contribution in [0.5, 0.6) is 0 Å².